The third-order valence-electron chi connectivity index (χ3n) is 3.54. The van der Waals surface area contributed by atoms with Gasteiger partial charge >= 0.3 is 6.03 Å². The maximum Gasteiger partial charge on any atom is 0.315 e. The number of urea groups is 1. The van der Waals surface area contributed by atoms with Gasteiger partial charge in [0.1, 0.15) is 12.1 Å². The molecular weight excluding hydrogens is 316 g/mol. The van der Waals surface area contributed by atoms with Crippen molar-refractivity contribution < 1.29 is 19.5 Å². The smallest absolute Gasteiger partial charge is 0.315 e. The van der Waals surface area contributed by atoms with Gasteiger partial charge in [0.15, 0.2) is 0 Å². The maximum atomic E-state index is 12.2. The Morgan fingerprint density at radius 2 is 2.17 bits per heavy atom. The number of aromatic nitrogens is 2. The molecule has 0 bridgehead atoms. The van der Waals surface area contributed by atoms with Gasteiger partial charge in [-0.25, -0.2) is 9.78 Å². The van der Waals surface area contributed by atoms with Gasteiger partial charge in [0.25, 0.3) is 5.91 Å². The molecule has 10 heteroatoms. The van der Waals surface area contributed by atoms with Crippen LogP contribution in [0.2, 0.25) is 0 Å². The van der Waals surface area contributed by atoms with Crippen LogP contribution >= 0.6 is 0 Å². The molecule has 0 radical (unpaired) electrons. The number of aliphatic hydroxyl groups is 1. The summed E-state index contributed by atoms with van der Waals surface area (Å²) >= 11 is 0. The van der Waals surface area contributed by atoms with E-state index in [-0.39, 0.29) is 12.5 Å². The van der Waals surface area contributed by atoms with Crippen LogP contribution in [0.15, 0.2) is 24.3 Å². The highest BCUT2D eigenvalue weighted by Gasteiger charge is 2.30. The summed E-state index contributed by atoms with van der Waals surface area (Å²) in [5.41, 5.74) is 1.43. The van der Waals surface area contributed by atoms with Crippen LogP contribution in [0, 0.1) is 0 Å². The SMILES string of the molecule is O=C1NCC(C(=O)N[C@@H](CO)C(=O)Nc2nc3ccccc3[nH]2)N1. The van der Waals surface area contributed by atoms with Gasteiger partial charge in [-0.3, -0.25) is 14.9 Å². The second-order valence-corrected chi connectivity index (χ2v) is 5.24. The number of aromatic amines is 1. The fourth-order valence-corrected chi connectivity index (χ4v) is 2.30. The second-order valence-electron chi connectivity index (χ2n) is 5.24. The minimum Gasteiger partial charge on any atom is -0.394 e. The molecule has 1 saturated heterocycles. The zero-order valence-corrected chi connectivity index (χ0v) is 12.5. The largest absolute Gasteiger partial charge is 0.394 e. The average molecular weight is 332 g/mol. The summed E-state index contributed by atoms with van der Waals surface area (Å²) < 4.78 is 0. The second kappa shape index (κ2) is 6.54. The number of para-hydroxylation sites is 2. The normalized spacial score (nSPS) is 17.9. The Balaban J connectivity index is 1.63. The van der Waals surface area contributed by atoms with Gasteiger partial charge in [-0.05, 0) is 12.1 Å². The number of fused-ring (bicyclic) bond motifs is 1. The van der Waals surface area contributed by atoms with Crippen LogP contribution in [0.1, 0.15) is 0 Å². The average Bonchev–Trinajstić information content (AvgIpc) is 3.17. The summed E-state index contributed by atoms with van der Waals surface area (Å²) in [7, 11) is 0. The van der Waals surface area contributed by atoms with E-state index in [9.17, 15) is 19.5 Å². The van der Waals surface area contributed by atoms with Crippen LogP contribution in [0.5, 0.6) is 0 Å². The van der Waals surface area contributed by atoms with Crippen molar-refractivity contribution in [3.8, 4) is 0 Å². The van der Waals surface area contributed by atoms with E-state index in [0.29, 0.717) is 5.52 Å². The van der Waals surface area contributed by atoms with Crippen molar-refractivity contribution in [3.05, 3.63) is 24.3 Å². The van der Waals surface area contributed by atoms with E-state index >= 15 is 0 Å². The van der Waals surface area contributed by atoms with E-state index in [2.05, 4.69) is 31.2 Å². The molecule has 0 saturated carbocycles. The van der Waals surface area contributed by atoms with Crippen molar-refractivity contribution >= 4 is 34.8 Å². The molecule has 1 aromatic heterocycles. The summed E-state index contributed by atoms with van der Waals surface area (Å²) in [6.45, 7) is -0.472. The number of imidazole rings is 1. The van der Waals surface area contributed by atoms with Crippen LogP contribution in [0.4, 0.5) is 10.7 Å². The molecule has 2 heterocycles. The molecule has 0 spiro atoms. The van der Waals surface area contributed by atoms with Crippen LogP contribution in [0.3, 0.4) is 0 Å². The molecule has 2 atom stereocenters. The van der Waals surface area contributed by atoms with Gasteiger partial charge in [0.05, 0.1) is 17.6 Å². The van der Waals surface area contributed by atoms with Gasteiger partial charge in [0.2, 0.25) is 11.9 Å². The molecule has 0 aliphatic carbocycles. The van der Waals surface area contributed by atoms with E-state index in [1.54, 1.807) is 12.1 Å². The summed E-state index contributed by atoms with van der Waals surface area (Å²) in [6.07, 6.45) is 0. The Hall–Kier alpha value is -3.14. The van der Waals surface area contributed by atoms with Crippen LogP contribution in [0.25, 0.3) is 11.0 Å². The molecule has 1 aliphatic rings. The fraction of sp³-hybridized carbons (Fsp3) is 0.286. The Morgan fingerprint density at radius 1 is 1.38 bits per heavy atom. The zero-order valence-electron chi connectivity index (χ0n) is 12.5. The monoisotopic (exact) mass is 332 g/mol. The summed E-state index contributed by atoms with van der Waals surface area (Å²) in [4.78, 5) is 42.3. The molecule has 24 heavy (non-hydrogen) atoms. The third kappa shape index (κ3) is 3.27. The van der Waals surface area contributed by atoms with Gasteiger partial charge in [0, 0.05) is 6.54 Å². The van der Waals surface area contributed by atoms with E-state index < -0.39 is 36.5 Å². The molecule has 126 valence electrons. The highest BCUT2D eigenvalue weighted by molar-refractivity contribution is 5.99. The lowest BCUT2D eigenvalue weighted by Crippen LogP contribution is -2.52. The predicted molar refractivity (Wildman–Crippen MR) is 84.1 cm³/mol. The van der Waals surface area contributed by atoms with Crippen molar-refractivity contribution in [1.82, 2.24) is 25.9 Å². The summed E-state index contributed by atoms with van der Waals surface area (Å²) in [5.74, 6) is -0.973. The minimum atomic E-state index is -1.16. The topological polar surface area (TPSA) is 148 Å². The highest BCUT2D eigenvalue weighted by atomic mass is 16.3. The fourth-order valence-electron chi connectivity index (χ4n) is 2.30. The van der Waals surface area contributed by atoms with Crippen molar-refractivity contribution in [1.29, 1.82) is 0 Å². The van der Waals surface area contributed by atoms with Gasteiger partial charge in [-0.15, -0.1) is 0 Å². The molecule has 10 nitrogen and oxygen atoms in total. The Bertz CT molecular complexity index is 755. The number of hydrogen-bond donors (Lipinski definition) is 6. The van der Waals surface area contributed by atoms with Crippen molar-refractivity contribution in [2.24, 2.45) is 0 Å². The van der Waals surface area contributed by atoms with Gasteiger partial charge in [-0.1, -0.05) is 12.1 Å². The molecule has 1 unspecified atom stereocenters. The number of rotatable bonds is 5. The number of anilines is 1. The van der Waals surface area contributed by atoms with Crippen molar-refractivity contribution in [2.45, 2.75) is 12.1 Å². The number of nitrogens with one attached hydrogen (secondary N) is 5. The van der Waals surface area contributed by atoms with Crippen molar-refractivity contribution in [3.63, 3.8) is 0 Å². The maximum absolute atomic E-state index is 12.2. The van der Waals surface area contributed by atoms with Gasteiger partial charge < -0.3 is 26.0 Å². The van der Waals surface area contributed by atoms with Crippen LogP contribution in [-0.2, 0) is 9.59 Å². The Kier molecular flexibility index (Phi) is 4.29. The number of nitrogens with zero attached hydrogens (tertiary/aromatic N) is 1. The predicted octanol–water partition coefficient (Wildman–Crippen LogP) is -1.34. The first-order valence-electron chi connectivity index (χ1n) is 7.28. The number of aliphatic hydroxyl groups excluding tert-OH is 1. The lowest BCUT2D eigenvalue weighted by atomic mass is 10.2. The molecular formula is C14H16N6O4. The summed E-state index contributed by atoms with van der Waals surface area (Å²) in [5, 5.41) is 19.1. The Labute approximate surface area is 136 Å². The lowest BCUT2D eigenvalue weighted by molar-refractivity contribution is -0.128. The quantitative estimate of drug-likeness (QED) is 0.401. The van der Waals surface area contributed by atoms with Crippen LogP contribution < -0.4 is 21.3 Å². The number of H-pyrrole nitrogens is 1. The van der Waals surface area contributed by atoms with E-state index in [1.165, 1.54) is 0 Å². The minimum absolute atomic E-state index is 0.119. The van der Waals surface area contributed by atoms with Gasteiger partial charge in [-0.2, -0.15) is 0 Å². The molecule has 2 aromatic rings. The molecule has 6 N–H and O–H groups in total. The molecule has 4 amide bonds. The third-order valence-corrected chi connectivity index (χ3v) is 3.54. The zero-order chi connectivity index (χ0) is 17.1. The van der Waals surface area contributed by atoms with E-state index in [4.69, 9.17) is 0 Å². The van der Waals surface area contributed by atoms with Crippen molar-refractivity contribution in [2.75, 3.05) is 18.5 Å². The number of hydrogen-bond acceptors (Lipinski definition) is 5. The molecule has 3 rings (SSSR count). The first kappa shape index (κ1) is 15.7. The number of carbonyl (C=O) groups is 3. The number of benzene rings is 1. The first-order chi connectivity index (χ1) is 11.6. The number of amides is 4. The standard InChI is InChI=1S/C14H16N6O4/c21-6-10(16-11(22)9-5-15-14(24)19-9)12(23)20-13-17-7-3-1-2-4-8(7)18-13/h1-4,9-10,21H,5-6H2,(H,16,22)(H2,15,19,24)(H2,17,18,20,23)/t9?,10-/m0/s1. The molecule has 1 fully saturated rings. The first-order valence-corrected chi connectivity index (χ1v) is 7.28. The van der Waals surface area contributed by atoms with Crippen LogP contribution in [-0.4, -0.2) is 58.2 Å². The number of carbonyl (C=O) groups excluding carboxylic acids is 3. The molecule has 1 aromatic carbocycles. The molecule has 1 aliphatic heterocycles. The highest BCUT2D eigenvalue weighted by Crippen LogP contribution is 2.13. The van der Waals surface area contributed by atoms with E-state index in [0.717, 1.165) is 5.52 Å². The van der Waals surface area contributed by atoms with E-state index in [1.807, 2.05) is 12.1 Å². The summed E-state index contributed by atoms with van der Waals surface area (Å²) in [6, 6.07) is 4.82. The Morgan fingerprint density at radius 3 is 2.83 bits per heavy atom. The lowest BCUT2D eigenvalue weighted by Gasteiger charge is -2.17.